The minimum atomic E-state index is -3.54. The number of nitrogens with one attached hydrogen (secondary N) is 1. The first kappa shape index (κ1) is 41.9. The molecule has 0 bridgehead atoms. The zero-order valence-electron chi connectivity index (χ0n) is 28.2. The maximum atomic E-state index is 13.1. The molecule has 49 heavy (non-hydrogen) atoms. The lowest BCUT2D eigenvalue weighted by molar-refractivity contribution is -0.107. The topological polar surface area (TPSA) is 177 Å². The van der Waals surface area contributed by atoms with Crippen molar-refractivity contribution in [3.8, 4) is 18.6 Å². The summed E-state index contributed by atoms with van der Waals surface area (Å²) in [5.74, 6) is 0.804. The molecule has 0 aromatic heterocycles. The van der Waals surface area contributed by atoms with Crippen LogP contribution in [0.25, 0.3) is 16.5 Å². The molecule has 0 heterocycles. The van der Waals surface area contributed by atoms with Gasteiger partial charge in [0.25, 0.3) is 0 Å². The SMILES string of the molecule is C#C.CC(C)CCN(CC(C)C(N)C=Cc1ccccc1)S(=O)(=O)c1ccccc1.[N-]=[N+]=NOc1ccc(COC(=O)NCCC=O)cc1. The van der Waals surface area contributed by atoms with Crippen molar-refractivity contribution in [1.82, 2.24) is 9.62 Å². The van der Waals surface area contributed by atoms with E-state index in [1.807, 2.05) is 55.5 Å². The van der Waals surface area contributed by atoms with Gasteiger partial charge in [-0.3, -0.25) is 0 Å². The number of terminal acetylenes is 1. The van der Waals surface area contributed by atoms with E-state index in [2.05, 4.69) is 47.0 Å². The van der Waals surface area contributed by atoms with E-state index < -0.39 is 16.1 Å². The van der Waals surface area contributed by atoms with Crippen LogP contribution in [0.3, 0.4) is 0 Å². The lowest BCUT2D eigenvalue weighted by Gasteiger charge is -2.28. The Balaban J connectivity index is 0.000000499. The maximum Gasteiger partial charge on any atom is 0.407 e. The first-order valence-corrected chi connectivity index (χ1v) is 17.0. The predicted octanol–water partition coefficient (Wildman–Crippen LogP) is 6.76. The zero-order chi connectivity index (χ0) is 36.5. The summed E-state index contributed by atoms with van der Waals surface area (Å²) in [5.41, 5.74) is 16.2. The molecule has 262 valence electrons. The highest BCUT2D eigenvalue weighted by molar-refractivity contribution is 7.89. The number of alkyl carbamates (subject to hydrolysis) is 1. The molecule has 0 aliphatic carbocycles. The Morgan fingerprint density at radius 3 is 2.20 bits per heavy atom. The molecular formula is C36H46N6O6S. The van der Waals surface area contributed by atoms with Gasteiger partial charge in [-0.2, -0.15) is 4.31 Å². The second kappa shape index (κ2) is 24.1. The van der Waals surface area contributed by atoms with Crippen molar-refractivity contribution in [2.45, 2.75) is 51.2 Å². The molecule has 0 spiro atoms. The Labute approximate surface area is 289 Å². The van der Waals surface area contributed by atoms with E-state index in [0.29, 0.717) is 35.9 Å². The normalized spacial score (nSPS) is 11.9. The lowest BCUT2D eigenvalue weighted by atomic mass is 10.0. The summed E-state index contributed by atoms with van der Waals surface area (Å²) < 4.78 is 32.8. The van der Waals surface area contributed by atoms with Crippen LogP contribution in [0.4, 0.5) is 4.79 Å². The van der Waals surface area contributed by atoms with Crippen LogP contribution in [0.1, 0.15) is 44.7 Å². The third kappa shape index (κ3) is 17.0. The van der Waals surface area contributed by atoms with Crippen molar-refractivity contribution in [1.29, 1.82) is 0 Å². The molecular weight excluding hydrogens is 644 g/mol. The molecule has 0 saturated heterocycles. The fourth-order valence-corrected chi connectivity index (χ4v) is 5.59. The summed E-state index contributed by atoms with van der Waals surface area (Å²) in [4.78, 5) is 28.6. The van der Waals surface area contributed by atoms with Crippen LogP contribution in [0, 0.1) is 24.7 Å². The third-order valence-electron chi connectivity index (χ3n) is 6.80. The standard InChI is InChI=1S/C23H32N2O2S.C11H12N4O4.C2H2/c1-19(2)16-17-25(28(26,27)22-12-8-5-9-13-22)18-20(3)23(24)15-14-21-10-6-4-7-11-21;12-14-15-19-10-4-2-9(3-5-10)8-18-11(17)13-6-1-7-16;1-2/h4-15,19-20,23H,16-18,24H2,1-3H3;2-5,7H,1,6,8H2,(H,13,17);1-2H. The van der Waals surface area contributed by atoms with Gasteiger partial charge in [-0.15, -0.1) is 12.8 Å². The highest BCUT2D eigenvalue weighted by Crippen LogP contribution is 2.20. The van der Waals surface area contributed by atoms with Crippen molar-refractivity contribution >= 4 is 28.5 Å². The summed E-state index contributed by atoms with van der Waals surface area (Å²) in [6.45, 7) is 7.44. The molecule has 0 saturated carbocycles. The number of nitrogens with two attached hydrogens (primary N) is 1. The number of ether oxygens (including phenoxy) is 1. The third-order valence-corrected chi connectivity index (χ3v) is 8.68. The molecule has 3 aromatic rings. The van der Waals surface area contributed by atoms with Gasteiger partial charge in [-0.05, 0) is 59.2 Å². The summed E-state index contributed by atoms with van der Waals surface area (Å²) in [6.07, 6.45) is 13.1. The van der Waals surface area contributed by atoms with Gasteiger partial charge in [0.2, 0.25) is 10.0 Å². The van der Waals surface area contributed by atoms with Crippen LogP contribution in [0.5, 0.6) is 5.75 Å². The van der Waals surface area contributed by atoms with Gasteiger partial charge in [-0.1, -0.05) is 93.6 Å². The van der Waals surface area contributed by atoms with E-state index in [1.165, 1.54) is 0 Å². The zero-order valence-corrected chi connectivity index (χ0v) is 29.0. The van der Waals surface area contributed by atoms with Crippen LogP contribution < -0.4 is 15.9 Å². The van der Waals surface area contributed by atoms with Crippen molar-refractivity contribution in [3.63, 3.8) is 0 Å². The number of amides is 1. The minimum absolute atomic E-state index is 0.00869. The molecule has 13 heteroatoms. The van der Waals surface area contributed by atoms with E-state index >= 15 is 0 Å². The highest BCUT2D eigenvalue weighted by atomic mass is 32.2. The molecule has 3 N–H and O–H groups in total. The molecule has 1 amide bonds. The first-order chi connectivity index (χ1) is 23.6. The van der Waals surface area contributed by atoms with Crippen molar-refractivity contribution in [2.75, 3.05) is 19.6 Å². The first-order valence-electron chi connectivity index (χ1n) is 15.6. The molecule has 12 nitrogen and oxygen atoms in total. The van der Waals surface area contributed by atoms with Crippen molar-refractivity contribution < 1.29 is 27.6 Å². The number of carbonyl (C=O) groups is 2. The minimum Gasteiger partial charge on any atom is -0.445 e. The molecule has 3 rings (SSSR count). The van der Waals surface area contributed by atoms with Gasteiger partial charge in [0.1, 0.15) is 23.9 Å². The summed E-state index contributed by atoms with van der Waals surface area (Å²) in [7, 11) is -3.54. The average molecular weight is 691 g/mol. The number of hydrogen-bond donors (Lipinski definition) is 2. The van der Waals surface area contributed by atoms with E-state index in [0.717, 1.165) is 17.5 Å². The number of aldehydes is 1. The number of rotatable bonds is 17. The Bertz CT molecular complexity index is 1580. The molecule has 2 atom stereocenters. The van der Waals surface area contributed by atoms with Crippen molar-refractivity contribution in [3.05, 3.63) is 113 Å². The Hall–Kier alpha value is -5.12. The van der Waals surface area contributed by atoms with E-state index in [4.69, 9.17) is 16.0 Å². The number of benzene rings is 3. The quantitative estimate of drug-likeness (QED) is 0.0299. The number of sulfonamides is 1. The largest absolute Gasteiger partial charge is 0.445 e. The maximum absolute atomic E-state index is 13.1. The van der Waals surface area contributed by atoms with Gasteiger partial charge in [-0.25, -0.2) is 13.2 Å². The van der Waals surface area contributed by atoms with Crippen LogP contribution in [-0.4, -0.2) is 50.8 Å². The van der Waals surface area contributed by atoms with Gasteiger partial charge >= 0.3 is 6.09 Å². The van der Waals surface area contributed by atoms with Gasteiger partial charge in [0.15, 0.2) is 0 Å². The molecule has 0 aliphatic rings. The fourth-order valence-electron chi connectivity index (χ4n) is 4.02. The second-order valence-electron chi connectivity index (χ2n) is 11.0. The number of carbonyl (C=O) groups excluding carboxylic acids is 2. The van der Waals surface area contributed by atoms with Crippen LogP contribution >= 0.6 is 0 Å². The highest BCUT2D eigenvalue weighted by Gasteiger charge is 2.27. The number of azide groups is 1. The second-order valence-corrected chi connectivity index (χ2v) is 13.0. The Kier molecular flexibility index (Phi) is 20.6. The molecule has 3 aromatic carbocycles. The summed E-state index contributed by atoms with van der Waals surface area (Å²) >= 11 is 0. The molecule has 0 radical (unpaired) electrons. The molecule has 0 aliphatic heterocycles. The van der Waals surface area contributed by atoms with E-state index in [-0.39, 0.29) is 31.5 Å². The fraction of sp³-hybridized carbons (Fsp3) is 0.333. The van der Waals surface area contributed by atoms with Gasteiger partial charge in [0, 0.05) is 37.0 Å². The van der Waals surface area contributed by atoms with E-state index in [1.54, 1.807) is 52.8 Å². The monoisotopic (exact) mass is 690 g/mol. The van der Waals surface area contributed by atoms with Crippen LogP contribution in [-0.2, 0) is 26.2 Å². The smallest absolute Gasteiger partial charge is 0.407 e. The summed E-state index contributed by atoms with van der Waals surface area (Å²) in [6, 6.07) is 24.9. The van der Waals surface area contributed by atoms with Crippen molar-refractivity contribution in [2.24, 2.45) is 22.8 Å². The van der Waals surface area contributed by atoms with Gasteiger partial charge < -0.3 is 25.4 Å². The van der Waals surface area contributed by atoms with Crippen LogP contribution in [0.2, 0.25) is 0 Å². The molecule has 0 fully saturated rings. The van der Waals surface area contributed by atoms with Gasteiger partial charge in [0.05, 0.1) is 4.90 Å². The Morgan fingerprint density at radius 2 is 1.63 bits per heavy atom. The number of nitrogens with zero attached hydrogens (tertiary/aromatic N) is 4. The average Bonchev–Trinajstić information content (AvgIpc) is 3.12. The summed E-state index contributed by atoms with van der Waals surface area (Å²) in [5, 5.41) is 5.37. The van der Waals surface area contributed by atoms with Crippen LogP contribution in [0.15, 0.2) is 101 Å². The van der Waals surface area contributed by atoms with E-state index in [9.17, 15) is 18.0 Å². The Morgan fingerprint density at radius 1 is 1.02 bits per heavy atom. The number of hydrogen-bond acceptors (Lipinski definition) is 8. The molecule has 2 unspecified atom stereocenters. The lowest BCUT2D eigenvalue weighted by Crippen LogP contribution is -2.41. The predicted molar refractivity (Wildman–Crippen MR) is 192 cm³/mol.